The average molecular weight is 352 g/mol. The SMILES string of the molecule is O=C(NCCn1nc(C2CC2)ccc1=O)c1ccc(C(F)(F)F)nc1. The molecule has 1 saturated carbocycles. The third-order valence-corrected chi connectivity index (χ3v) is 3.81. The Morgan fingerprint density at radius 1 is 1.24 bits per heavy atom. The molecule has 1 amide bonds. The van der Waals surface area contributed by atoms with Crippen molar-refractivity contribution in [1.29, 1.82) is 0 Å². The maximum Gasteiger partial charge on any atom is 0.433 e. The van der Waals surface area contributed by atoms with Gasteiger partial charge in [-0.05, 0) is 31.0 Å². The van der Waals surface area contributed by atoms with Gasteiger partial charge in [0.15, 0.2) is 0 Å². The Bertz CT molecular complexity index is 827. The molecule has 1 fully saturated rings. The minimum absolute atomic E-state index is 0.0139. The largest absolute Gasteiger partial charge is 0.433 e. The van der Waals surface area contributed by atoms with Crippen molar-refractivity contribution in [2.75, 3.05) is 6.54 Å². The van der Waals surface area contributed by atoms with E-state index in [0.29, 0.717) is 5.92 Å². The number of amides is 1. The monoisotopic (exact) mass is 352 g/mol. The smallest absolute Gasteiger partial charge is 0.350 e. The number of rotatable bonds is 5. The lowest BCUT2D eigenvalue weighted by molar-refractivity contribution is -0.141. The molecule has 0 aliphatic heterocycles. The normalized spacial score (nSPS) is 14.4. The zero-order valence-corrected chi connectivity index (χ0v) is 13.1. The fourth-order valence-corrected chi connectivity index (χ4v) is 2.29. The summed E-state index contributed by atoms with van der Waals surface area (Å²) in [6, 6.07) is 4.97. The molecular weight excluding hydrogens is 337 g/mol. The third kappa shape index (κ3) is 4.23. The molecule has 132 valence electrons. The molecule has 2 aromatic rings. The zero-order valence-electron chi connectivity index (χ0n) is 13.1. The van der Waals surface area contributed by atoms with Gasteiger partial charge in [-0.15, -0.1) is 0 Å². The number of hydrogen-bond acceptors (Lipinski definition) is 4. The Labute approximate surface area is 140 Å². The van der Waals surface area contributed by atoms with Gasteiger partial charge >= 0.3 is 6.18 Å². The number of nitrogens with one attached hydrogen (secondary N) is 1. The van der Waals surface area contributed by atoms with Gasteiger partial charge < -0.3 is 5.32 Å². The molecule has 25 heavy (non-hydrogen) atoms. The van der Waals surface area contributed by atoms with Crippen LogP contribution in [0.25, 0.3) is 0 Å². The lowest BCUT2D eigenvalue weighted by Gasteiger charge is -2.09. The fourth-order valence-electron chi connectivity index (χ4n) is 2.29. The molecule has 0 atom stereocenters. The maximum atomic E-state index is 12.4. The van der Waals surface area contributed by atoms with Crippen molar-refractivity contribution >= 4 is 5.91 Å². The van der Waals surface area contributed by atoms with Gasteiger partial charge in [0.05, 0.1) is 17.8 Å². The number of hydrogen-bond donors (Lipinski definition) is 1. The van der Waals surface area contributed by atoms with E-state index < -0.39 is 17.8 Å². The molecule has 9 heteroatoms. The molecule has 1 aliphatic carbocycles. The van der Waals surface area contributed by atoms with E-state index in [1.165, 1.54) is 10.7 Å². The van der Waals surface area contributed by atoms with E-state index in [-0.39, 0.29) is 24.2 Å². The van der Waals surface area contributed by atoms with Gasteiger partial charge in [-0.2, -0.15) is 18.3 Å². The van der Waals surface area contributed by atoms with E-state index in [1.807, 2.05) is 0 Å². The highest BCUT2D eigenvalue weighted by molar-refractivity contribution is 5.93. The Morgan fingerprint density at radius 3 is 2.60 bits per heavy atom. The van der Waals surface area contributed by atoms with E-state index in [0.717, 1.165) is 36.9 Å². The Balaban J connectivity index is 1.57. The molecule has 6 nitrogen and oxygen atoms in total. The van der Waals surface area contributed by atoms with Crippen molar-refractivity contribution in [3.8, 4) is 0 Å². The highest BCUT2D eigenvalue weighted by atomic mass is 19.4. The first-order valence-electron chi connectivity index (χ1n) is 7.74. The van der Waals surface area contributed by atoms with E-state index in [9.17, 15) is 22.8 Å². The number of pyridine rings is 1. The van der Waals surface area contributed by atoms with Crippen molar-refractivity contribution in [3.63, 3.8) is 0 Å². The second-order valence-corrected chi connectivity index (χ2v) is 5.78. The van der Waals surface area contributed by atoms with E-state index in [2.05, 4.69) is 15.4 Å². The number of aromatic nitrogens is 3. The summed E-state index contributed by atoms with van der Waals surface area (Å²) in [4.78, 5) is 26.9. The number of alkyl halides is 3. The molecule has 2 heterocycles. The highest BCUT2D eigenvalue weighted by Crippen LogP contribution is 2.38. The Kier molecular flexibility index (Phi) is 4.56. The van der Waals surface area contributed by atoms with E-state index in [1.54, 1.807) is 6.07 Å². The van der Waals surface area contributed by atoms with Crippen molar-refractivity contribution < 1.29 is 18.0 Å². The van der Waals surface area contributed by atoms with Gasteiger partial charge in [0.25, 0.3) is 11.5 Å². The van der Waals surface area contributed by atoms with Crippen LogP contribution in [0.4, 0.5) is 13.2 Å². The molecule has 1 N–H and O–H groups in total. The summed E-state index contributed by atoms with van der Waals surface area (Å²) in [6.45, 7) is 0.306. The lowest BCUT2D eigenvalue weighted by atomic mass is 10.2. The molecule has 0 unspecified atom stereocenters. The summed E-state index contributed by atoms with van der Waals surface area (Å²) in [5.41, 5.74) is -0.454. The molecule has 0 bridgehead atoms. The van der Waals surface area contributed by atoms with Crippen LogP contribution in [0.2, 0.25) is 0 Å². The predicted octanol–water partition coefficient (Wildman–Crippen LogP) is 1.96. The van der Waals surface area contributed by atoms with Crippen molar-refractivity contribution in [3.05, 3.63) is 57.8 Å². The summed E-state index contributed by atoms with van der Waals surface area (Å²) in [5.74, 6) is -0.160. The summed E-state index contributed by atoms with van der Waals surface area (Å²) in [5, 5.41) is 6.80. The lowest BCUT2D eigenvalue weighted by Crippen LogP contribution is -2.32. The van der Waals surface area contributed by atoms with Crippen molar-refractivity contribution in [1.82, 2.24) is 20.1 Å². The number of carbonyl (C=O) groups is 1. The van der Waals surface area contributed by atoms with Gasteiger partial charge in [0, 0.05) is 24.7 Å². The van der Waals surface area contributed by atoms with Crippen LogP contribution in [0.3, 0.4) is 0 Å². The molecule has 1 aliphatic rings. The standard InChI is InChI=1S/C16H15F3N4O2/c17-16(18,19)13-5-3-11(9-21-13)15(25)20-7-8-23-14(24)6-4-12(22-23)10-1-2-10/h3-6,9-10H,1-2,7-8H2,(H,20,25). The van der Waals surface area contributed by atoms with Gasteiger partial charge in [-0.3, -0.25) is 14.6 Å². The molecule has 3 rings (SSSR count). The van der Waals surface area contributed by atoms with Gasteiger partial charge in [0.2, 0.25) is 0 Å². The quantitative estimate of drug-likeness (QED) is 0.893. The maximum absolute atomic E-state index is 12.4. The summed E-state index contributed by atoms with van der Waals surface area (Å²) < 4.78 is 38.6. The molecular formula is C16H15F3N4O2. The van der Waals surface area contributed by atoms with Gasteiger partial charge in [-0.1, -0.05) is 0 Å². The summed E-state index contributed by atoms with van der Waals surface area (Å²) >= 11 is 0. The fraction of sp³-hybridized carbons (Fsp3) is 0.375. The third-order valence-electron chi connectivity index (χ3n) is 3.81. The number of carbonyl (C=O) groups excluding carboxylic acids is 1. The van der Waals surface area contributed by atoms with Crippen LogP contribution >= 0.6 is 0 Å². The van der Waals surface area contributed by atoms with Crippen LogP contribution in [0.1, 0.15) is 40.5 Å². The average Bonchev–Trinajstić information content (AvgIpc) is 3.41. The van der Waals surface area contributed by atoms with Crippen LogP contribution < -0.4 is 10.9 Å². The van der Waals surface area contributed by atoms with Crippen molar-refractivity contribution in [2.45, 2.75) is 31.5 Å². The summed E-state index contributed by atoms with van der Waals surface area (Å²) in [6.07, 6.45) is -1.56. The van der Waals surface area contributed by atoms with Gasteiger partial charge in [0.1, 0.15) is 5.69 Å². The van der Waals surface area contributed by atoms with Crippen LogP contribution in [0, 0.1) is 0 Å². The highest BCUT2D eigenvalue weighted by Gasteiger charge is 2.32. The van der Waals surface area contributed by atoms with Crippen LogP contribution in [-0.2, 0) is 12.7 Å². The predicted molar refractivity (Wildman–Crippen MR) is 82.0 cm³/mol. The summed E-state index contributed by atoms with van der Waals surface area (Å²) in [7, 11) is 0. The molecule has 0 radical (unpaired) electrons. The molecule has 0 aromatic carbocycles. The van der Waals surface area contributed by atoms with Crippen LogP contribution in [-0.4, -0.2) is 27.2 Å². The second kappa shape index (κ2) is 6.66. The van der Waals surface area contributed by atoms with Crippen LogP contribution in [0.15, 0.2) is 35.3 Å². The Morgan fingerprint density at radius 2 is 2.00 bits per heavy atom. The topological polar surface area (TPSA) is 76.9 Å². The first kappa shape index (κ1) is 17.1. The second-order valence-electron chi connectivity index (χ2n) is 5.78. The molecule has 0 saturated heterocycles. The van der Waals surface area contributed by atoms with E-state index in [4.69, 9.17) is 0 Å². The number of nitrogens with zero attached hydrogens (tertiary/aromatic N) is 3. The van der Waals surface area contributed by atoms with Crippen LogP contribution in [0.5, 0.6) is 0 Å². The minimum atomic E-state index is -4.55. The first-order chi connectivity index (χ1) is 11.8. The van der Waals surface area contributed by atoms with Crippen molar-refractivity contribution in [2.24, 2.45) is 0 Å². The first-order valence-corrected chi connectivity index (χ1v) is 7.74. The molecule has 0 spiro atoms. The van der Waals surface area contributed by atoms with Gasteiger partial charge in [-0.25, -0.2) is 4.68 Å². The van der Waals surface area contributed by atoms with E-state index >= 15 is 0 Å². The zero-order chi connectivity index (χ0) is 18.0. The Hall–Kier alpha value is -2.71. The molecule has 2 aromatic heterocycles. The minimum Gasteiger partial charge on any atom is -0.350 e. The number of halogens is 3.